The van der Waals surface area contributed by atoms with Crippen molar-refractivity contribution in [3.63, 3.8) is 0 Å². The van der Waals surface area contributed by atoms with Crippen LogP contribution in [0.5, 0.6) is 0 Å². The smallest absolute Gasteiger partial charge is 0.270 e. The first-order valence-corrected chi connectivity index (χ1v) is 38.5. The molecule has 0 aliphatic carbocycles. The summed E-state index contributed by atoms with van der Waals surface area (Å²) in [6.07, 6.45) is 18.8. The second-order valence-corrected chi connectivity index (χ2v) is 29.0. The number of rotatable bonds is 20. The number of pyridine rings is 1. The molecule has 9 N–H and O–H groups in total. The van der Waals surface area contributed by atoms with E-state index in [2.05, 4.69) is 57.4 Å². The van der Waals surface area contributed by atoms with E-state index in [9.17, 15) is 33.2 Å². The van der Waals surface area contributed by atoms with Crippen molar-refractivity contribution in [2.75, 3.05) is 77.1 Å². The number of hydrogen-bond acceptors (Lipinski definition) is 20. The van der Waals surface area contributed by atoms with E-state index in [-0.39, 0.29) is 59.9 Å². The van der Waals surface area contributed by atoms with Crippen LogP contribution in [0.25, 0.3) is 66.9 Å². The number of piperidine rings is 3. The van der Waals surface area contributed by atoms with Crippen molar-refractivity contribution in [1.29, 1.82) is 0 Å². The number of benzene rings is 5. The number of nitrogens with one attached hydrogen (secondary N) is 3. The Morgan fingerprint density at radius 1 is 0.483 bits per heavy atom. The summed E-state index contributed by atoms with van der Waals surface area (Å²) in [5.41, 5.74) is 31.6. The molecule has 12 aromatic rings. The molecule has 0 unspecified atom stereocenters. The predicted molar refractivity (Wildman–Crippen MR) is 443 cm³/mol. The van der Waals surface area contributed by atoms with Crippen molar-refractivity contribution >= 4 is 86.0 Å². The molecule has 0 bridgehead atoms. The minimum atomic E-state index is -0.501. The summed E-state index contributed by atoms with van der Waals surface area (Å²) in [7, 11) is 3.94. The SMILES string of the molecule is C/C=C/C(=O)N1CCC[C@@H](n2nc(-c3ccc(CNC(=O)c4ccccc4C)cc3)c3c(N)ncnc32)C1.C=CC(=O)N1CCC[C@@H](n2nc(-c3ccc(CNC(=O)c4ccc(F)cn4)cc3)c3c(N)ncnc32)C1.Cc1ccccc1C(=O)NCc1ccc(-c2nn([C@@H]3CCCN(C(=O)/C=C/CN(C)C)C3)c3ncnc(N)c23)cc1. The maximum Gasteiger partial charge on any atom is 0.270 e. The molecule has 15 rings (SSSR count). The molecule has 0 radical (unpaired) electrons. The Balaban J connectivity index is 0.000000152. The van der Waals surface area contributed by atoms with Gasteiger partial charge in [-0.1, -0.05) is 128 Å². The number of nitrogen functional groups attached to an aromatic ring is 3. The summed E-state index contributed by atoms with van der Waals surface area (Å²) in [5, 5.41) is 25.6. The molecule has 6 amide bonds. The van der Waals surface area contributed by atoms with E-state index in [4.69, 9.17) is 32.5 Å². The van der Waals surface area contributed by atoms with Crippen LogP contribution in [-0.4, -0.2) is 179 Å². The van der Waals surface area contributed by atoms with Gasteiger partial charge in [0.05, 0.1) is 40.5 Å². The standard InChI is InChI=1S/C31H36N8O2.C29H31N7O2.C26H25FN8O2/c1-21-8-4-5-10-25(21)31(41)33-18-22-12-14-23(15-13-22)28-27-29(32)34-20-35-30(27)39(36-28)24-9-6-17-38(19-24)26(40)11-7-16-37(2)3;1-3-7-24(37)35-15-6-9-22(17-35)36-28-25(27(30)32-18-33-28)26(34-36)21-13-11-20(12-14-21)16-31-29(38)23-10-5-4-8-19(23)2;1-2-21(36)34-11-3-4-19(14-34)35-25-22(24(28)31-15-32-25)23(33-35)17-7-5-16(6-8-17)12-30-26(37)20-10-9-18(27)13-29-20/h4-5,7-8,10-15,20,24H,6,9,16-19H2,1-3H3,(H,33,41)(H2,32,34,35);3-5,7-8,10-14,18,22H,6,9,15-17H2,1-2H3,(H,31,38)(H2,30,32,33);2,5-10,13,15,19H,1,3-4,11-12,14H2,(H,30,37)(H2,28,31,32)/b11-7+;7-3+;/t24-;22-;19-/m111/s1. The van der Waals surface area contributed by atoms with E-state index in [0.29, 0.717) is 131 Å². The van der Waals surface area contributed by atoms with Crippen LogP contribution < -0.4 is 33.2 Å². The molecule has 3 fully saturated rings. The van der Waals surface area contributed by atoms with Gasteiger partial charge < -0.3 is 52.8 Å². The van der Waals surface area contributed by atoms with Crippen LogP contribution >= 0.6 is 0 Å². The molecule has 0 spiro atoms. The molecule has 3 aliphatic heterocycles. The van der Waals surface area contributed by atoms with Crippen LogP contribution in [0, 0.1) is 19.7 Å². The van der Waals surface area contributed by atoms with E-state index in [1.165, 1.54) is 37.2 Å². The Labute approximate surface area is 669 Å². The summed E-state index contributed by atoms with van der Waals surface area (Å²) in [4.78, 5) is 112. The molecule has 594 valence electrons. The molecule has 10 heterocycles. The second-order valence-electron chi connectivity index (χ2n) is 29.0. The van der Waals surface area contributed by atoms with Gasteiger partial charge in [0.25, 0.3) is 17.7 Å². The van der Waals surface area contributed by atoms with Gasteiger partial charge in [0, 0.05) is 99.3 Å². The van der Waals surface area contributed by atoms with Crippen molar-refractivity contribution < 1.29 is 33.2 Å². The van der Waals surface area contributed by atoms with Gasteiger partial charge in [0.1, 0.15) is 65.0 Å². The molecule has 3 saturated heterocycles. The molecule has 29 nitrogen and oxygen atoms in total. The van der Waals surface area contributed by atoms with Gasteiger partial charge in [-0.15, -0.1) is 0 Å². The van der Waals surface area contributed by atoms with Crippen LogP contribution in [0.4, 0.5) is 21.8 Å². The Hall–Kier alpha value is -13.8. The van der Waals surface area contributed by atoms with E-state index in [1.807, 2.05) is 191 Å². The largest absolute Gasteiger partial charge is 0.383 e. The summed E-state index contributed by atoms with van der Waals surface area (Å²) < 4.78 is 18.7. The van der Waals surface area contributed by atoms with Gasteiger partial charge in [-0.05, 0) is 138 Å². The minimum absolute atomic E-state index is 0.00693. The average molecular weight is 1560 g/mol. The molecular weight excluding hydrogens is 1470 g/mol. The van der Waals surface area contributed by atoms with E-state index >= 15 is 0 Å². The molecule has 5 aromatic carbocycles. The van der Waals surface area contributed by atoms with Crippen molar-refractivity contribution in [3.05, 3.63) is 246 Å². The lowest BCUT2D eigenvalue weighted by Crippen LogP contribution is -2.40. The summed E-state index contributed by atoms with van der Waals surface area (Å²) in [6.45, 7) is 14.8. The fourth-order valence-corrected chi connectivity index (χ4v) is 14.6. The lowest BCUT2D eigenvalue weighted by molar-refractivity contribution is -0.128. The number of anilines is 3. The third kappa shape index (κ3) is 18.6. The summed E-state index contributed by atoms with van der Waals surface area (Å²) in [6, 6.07) is 40.8. The Morgan fingerprint density at radius 3 is 1.21 bits per heavy atom. The van der Waals surface area contributed by atoms with E-state index in [1.54, 1.807) is 23.1 Å². The van der Waals surface area contributed by atoms with Crippen LogP contribution in [0.2, 0.25) is 0 Å². The molecule has 3 atom stereocenters. The highest BCUT2D eigenvalue weighted by Gasteiger charge is 2.32. The second kappa shape index (κ2) is 36.8. The number of allylic oxidation sites excluding steroid dienone is 1. The first-order valence-electron chi connectivity index (χ1n) is 38.5. The third-order valence-corrected chi connectivity index (χ3v) is 20.7. The summed E-state index contributed by atoms with van der Waals surface area (Å²) in [5.74, 6) is -0.136. The van der Waals surface area contributed by atoms with Crippen LogP contribution in [0.1, 0.15) is 123 Å². The summed E-state index contributed by atoms with van der Waals surface area (Å²) >= 11 is 0. The Morgan fingerprint density at radius 2 is 0.853 bits per heavy atom. The first-order chi connectivity index (χ1) is 56.2. The highest BCUT2D eigenvalue weighted by atomic mass is 19.1. The number of carbonyl (C=O) groups excluding carboxylic acids is 6. The molecule has 3 aliphatic rings. The maximum absolute atomic E-state index is 13.0. The average Bonchev–Trinajstić information content (AvgIpc) is 1.62. The minimum Gasteiger partial charge on any atom is -0.383 e. The predicted octanol–water partition coefficient (Wildman–Crippen LogP) is 10.5. The molecule has 30 heteroatoms. The molecule has 0 saturated carbocycles. The molecule has 116 heavy (non-hydrogen) atoms. The quantitative estimate of drug-likeness (QED) is 0.0386. The van der Waals surface area contributed by atoms with Gasteiger partial charge in [0.15, 0.2) is 16.9 Å². The molecule has 7 aromatic heterocycles. The number of nitrogens with two attached hydrogens (primary N) is 3. The number of fused-ring (bicyclic) bond motifs is 3. The monoisotopic (exact) mass is 1560 g/mol. The fraction of sp³-hybridized carbons (Fsp3) is 0.279. The number of likely N-dealkylation sites (tertiary alicyclic amines) is 3. The first kappa shape index (κ1) is 80.3. The number of aryl methyl sites for hydroxylation is 2. The zero-order valence-corrected chi connectivity index (χ0v) is 65.3. The van der Waals surface area contributed by atoms with Crippen molar-refractivity contribution in [1.82, 2.24) is 99.8 Å². The van der Waals surface area contributed by atoms with Crippen molar-refractivity contribution in [2.24, 2.45) is 0 Å². The van der Waals surface area contributed by atoms with Crippen LogP contribution in [0.15, 0.2) is 196 Å². The number of halogens is 1. The van der Waals surface area contributed by atoms with Gasteiger partial charge in [-0.2, -0.15) is 15.3 Å². The number of amides is 6. The van der Waals surface area contributed by atoms with Crippen molar-refractivity contribution in [2.45, 2.75) is 97.1 Å². The van der Waals surface area contributed by atoms with Crippen LogP contribution in [-0.2, 0) is 34.0 Å². The normalized spacial score (nSPS) is 15.6. The highest BCUT2D eigenvalue weighted by Crippen LogP contribution is 2.38. The highest BCUT2D eigenvalue weighted by molar-refractivity contribution is 6.01. The number of likely N-dealkylation sites (N-methyl/N-ethyl adjacent to an activating group) is 1. The topological polar surface area (TPSA) is 373 Å². The zero-order chi connectivity index (χ0) is 81.5. The van der Waals surface area contributed by atoms with E-state index < -0.39 is 11.7 Å². The molecular formula is C86H92FN23O6. The number of carbonyl (C=O) groups is 6. The zero-order valence-electron chi connectivity index (χ0n) is 65.3. The van der Waals surface area contributed by atoms with Gasteiger partial charge in [-0.25, -0.2) is 53.3 Å². The number of nitrogens with zero attached hydrogens (tertiary/aromatic N) is 17. The Bertz CT molecular complexity index is 5650. The number of hydrogen-bond donors (Lipinski definition) is 6. The van der Waals surface area contributed by atoms with E-state index in [0.717, 1.165) is 95.8 Å². The lowest BCUT2D eigenvalue weighted by Gasteiger charge is -2.32. The third-order valence-electron chi connectivity index (χ3n) is 20.7. The van der Waals surface area contributed by atoms with Gasteiger partial charge >= 0.3 is 0 Å². The van der Waals surface area contributed by atoms with Crippen LogP contribution in [0.3, 0.4) is 0 Å². The van der Waals surface area contributed by atoms with Crippen molar-refractivity contribution in [3.8, 4) is 33.8 Å². The maximum atomic E-state index is 13.0. The Kier molecular flexibility index (Phi) is 25.5. The van der Waals surface area contributed by atoms with Gasteiger partial charge in [0.2, 0.25) is 17.7 Å². The lowest BCUT2D eigenvalue weighted by atomic mass is 10.1. The van der Waals surface area contributed by atoms with Gasteiger partial charge in [-0.3, -0.25) is 28.8 Å². The fourth-order valence-electron chi connectivity index (χ4n) is 14.6. The number of aromatic nitrogens is 13.